The first-order valence-electron chi connectivity index (χ1n) is 6.43. The van der Waals surface area contributed by atoms with Crippen LogP contribution in [0.1, 0.15) is 53.4 Å². The van der Waals surface area contributed by atoms with Crippen molar-refractivity contribution in [3.63, 3.8) is 0 Å². The van der Waals surface area contributed by atoms with Gasteiger partial charge in [-0.25, -0.2) is 4.79 Å². The smallest absolute Gasteiger partial charge is 0.408 e. The molecule has 1 saturated carbocycles. The number of amides is 1. The van der Waals surface area contributed by atoms with Crippen molar-refractivity contribution in [2.45, 2.75) is 64.5 Å². The normalized spacial score (nSPS) is 18.2. The first-order valence-corrected chi connectivity index (χ1v) is 6.43. The van der Waals surface area contributed by atoms with E-state index < -0.39 is 11.7 Å². The molecule has 0 spiro atoms. The van der Waals surface area contributed by atoms with Crippen LogP contribution in [0.3, 0.4) is 0 Å². The second-order valence-electron chi connectivity index (χ2n) is 5.90. The number of hydrogen-bond acceptors (Lipinski definition) is 3. The van der Waals surface area contributed by atoms with E-state index in [0.717, 1.165) is 19.3 Å². The molecule has 0 radical (unpaired) electrons. The van der Waals surface area contributed by atoms with Crippen molar-refractivity contribution >= 4 is 11.9 Å². The van der Waals surface area contributed by atoms with Crippen LogP contribution in [0.15, 0.2) is 12.2 Å². The van der Waals surface area contributed by atoms with E-state index in [4.69, 9.17) is 4.74 Å². The fraction of sp³-hybridized carbons (Fsp3) is 0.714. The zero-order chi connectivity index (χ0) is 13.8. The molecule has 1 aliphatic rings. The standard InChI is InChI=1S/C14H23NO3/c1-5-7-11(16)10-14(8-6-9-14)15-12(17)18-13(2,3)4/h5,7H,6,8-10H2,1-4H3,(H,15,17)/b7-5+. The van der Waals surface area contributed by atoms with Gasteiger partial charge in [0.2, 0.25) is 0 Å². The summed E-state index contributed by atoms with van der Waals surface area (Å²) in [6.07, 6.45) is 5.93. The summed E-state index contributed by atoms with van der Waals surface area (Å²) >= 11 is 0. The summed E-state index contributed by atoms with van der Waals surface area (Å²) in [4.78, 5) is 23.4. The summed E-state index contributed by atoms with van der Waals surface area (Å²) in [6.45, 7) is 7.29. The average molecular weight is 253 g/mol. The third kappa shape index (κ3) is 4.51. The number of nitrogens with one attached hydrogen (secondary N) is 1. The van der Waals surface area contributed by atoms with Gasteiger partial charge in [-0.1, -0.05) is 6.08 Å². The molecule has 0 aromatic heterocycles. The highest BCUT2D eigenvalue weighted by molar-refractivity contribution is 5.91. The molecule has 0 saturated heterocycles. The van der Waals surface area contributed by atoms with E-state index >= 15 is 0 Å². The van der Waals surface area contributed by atoms with Crippen molar-refractivity contribution in [1.29, 1.82) is 0 Å². The lowest BCUT2D eigenvalue weighted by Gasteiger charge is -2.42. The van der Waals surface area contributed by atoms with Crippen LogP contribution in [0.25, 0.3) is 0 Å². The molecule has 4 heteroatoms. The maximum absolute atomic E-state index is 11.7. The van der Waals surface area contributed by atoms with Crippen LogP contribution < -0.4 is 5.32 Å². The van der Waals surface area contributed by atoms with Crippen molar-refractivity contribution in [2.75, 3.05) is 0 Å². The quantitative estimate of drug-likeness (QED) is 0.784. The lowest BCUT2D eigenvalue weighted by atomic mass is 9.73. The van der Waals surface area contributed by atoms with Crippen molar-refractivity contribution in [3.05, 3.63) is 12.2 Å². The number of carbonyl (C=O) groups excluding carboxylic acids is 2. The predicted molar refractivity (Wildman–Crippen MR) is 70.4 cm³/mol. The number of hydrogen-bond donors (Lipinski definition) is 1. The highest BCUT2D eigenvalue weighted by Crippen LogP contribution is 2.35. The molecule has 0 atom stereocenters. The predicted octanol–water partition coefficient (Wildman–Crippen LogP) is 2.97. The highest BCUT2D eigenvalue weighted by Gasteiger charge is 2.40. The third-order valence-corrected chi connectivity index (χ3v) is 2.94. The number of rotatable bonds is 4. The van der Waals surface area contributed by atoms with Gasteiger partial charge in [-0.3, -0.25) is 4.79 Å². The topological polar surface area (TPSA) is 55.4 Å². The zero-order valence-corrected chi connectivity index (χ0v) is 11.7. The van der Waals surface area contributed by atoms with E-state index in [1.165, 1.54) is 0 Å². The van der Waals surface area contributed by atoms with Crippen LogP contribution >= 0.6 is 0 Å². The molecule has 0 unspecified atom stereocenters. The lowest BCUT2D eigenvalue weighted by Crippen LogP contribution is -2.55. The average Bonchev–Trinajstić information content (AvgIpc) is 2.11. The number of ketones is 1. The van der Waals surface area contributed by atoms with Crippen molar-refractivity contribution in [2.24, 2.45) is 0 Å². The second-order valence-corrected chi connectivity index (χ2v) is 5.90. The van der Waals surface area contributed by atoms with Gasteiger partial charge in [-0.05, 0) is 53.0 Å². The Balaban J connectivity index is 2.55. The minimum atomic E-state index is -0.512. The van der Waals surface area contributed by atoms with Gasteiger partial charge < -0.3 is 10.1 Å². The summed E-state index contributed by atoms with van der Waals surface area (Å²) in [7, 11) is 0. The molecule has 102 valence electrons. The molecule has 1 rings (SSSR count). The number of ether oxygens (including phenoxy) is 1. The van der Waals surface area contributed by atoms with Gasteiger partial charge in [0.1, 0.15) is 5.60 Å². The van der Waals surface area contributed by atoms with Gasteiger partial charge in [0.25, 0.3) is 0 Å². The molecule has 1 aliphatic carbocycles. The molecular formula is C14H23NO3. The Morgan fingerprint density at radius 2 is 1.94 bits per heavy atom. The summed E-state index contributed by atoms with van der Waals surface area (Å²) in [5.41, 5.74) is -0.902. The Morgan fingerprint density at radius 3 is 2.33 bits per heavy atom. The maximum atomic E-state index is 11.7. The monoisotopic (exact) mass is 253 g/mol. The molecule has 0 heterocycles. The molecular weight excluding hydrogens is 230 g/mol. The van der Waals surface area contributed by atoms with Crippen LogP contribution in [-0.2, 0) is 9.53 Å². The van der Waals surface area contributed by atoms with E-state index in [1.807, 2.05) is 27.7 Å². The Morgan fingerprint density at radius 1 is 1.33 bits per heavy atom. The molecule has 0 bridgehead atoms. The van der Waals surface area contributed by atoms with E-state index in [9.17, 15) is 9.59 Å². The van der Waals surface area contributed by atoms with E-state index in [0.29, 0.717) is 6.42 Å². The Hall–Kier alpha value is -1.32. The zero-order valence-electron chi connectivity index (χ0n) is 11.7. The fourth-order valence-corrected chi connectivity index (χ4v) is 2.05. The molecule has 1 fully saturated rings. The Kier molecular flexibility index (Phi) is 4.54. The van der Waals surface area contributed by atoms with Crippen molar-refractivity contribution in [1.82, 2.24) is 5.32 Å². The lowest BCUT2D eigenvalue weighted by molar-refractivity contribution is -0.116. The summed E-state index contributed by atoms with van der Waals surface area (Å²) in [5.74, 6) is 0.0493. The van der Waals surface area contributed by atoms with E-state index in [-0.39, 0.29) is 11.3 Å². The third-order valence-electron chi connectivity index (χ3n) is 2.94. The molecule has 0 aliphatic heterocycles. The van der Waals surface area contributed by atoms with E-state index in [2.05, 4.69) is 5.32 Å². The summed E-state index contributed by atoms with van der Waals surface area (Å²) in [5, 5.41) is 2.86. The summed E-state index contributed by atoms with van der Waals surface area (Å²) in [6, 6.07) is 0. The Labute approximate surface area is 109 Å². The minimum Gasteiger partial charge on any atom is -0.444 e. The first kappa shape index (κ1) is 14.7. The molecule has 0 aromatic carbocycles. The summed E-state index contributed by atoms with van der Waals surface area (Å²) < 4.78 is 5.23. The SMILES string of the molecule is C/C=C/C(=O)CC1(NC(=O)OC(C)(C)C)CCC1. The second kappa shape index (κ2) is 5.55. The van der Waals surface area contributed by atoms with Crippen LogP contribution in [0, 0.1) is 0 Å². The van der Waals surface area contributed by atoms with Crippen molar-refractivity contribution in [3.8, 4) is 0 Å². The molecule has 18 heavy (non-hydrogen) atoms. The van der Waals surface area contributed by atoms with Gasteiger partial charge in [0.15, 0.2) is 5.78 Å². The minimum absolute atomic E-state index is 0.0493. The number of allylic oxidation sites excluding steroid dienone is 2. The molecule has 1 N–H and O–H groups in total. The number of carbonyl (C=O) groups is 2. The van der Waals surface area contributed by atoms with Gasteiger partial charge in [-0.2, -0.15) is 0 Å². The van der Waals surface area contributed by atoms with Crippen molar-refractivity contribution < 1.29 is 14.3 Å². The largest absolute Gasteiger partial charge is 0.444 e. The molecule has 4 nitrogen and oxygen atoms in total. The Bertz CT molecular complexity index is 349. The fourth-order valence-electron chi connectivity index (χ4n) is 2.05. The van der Waals surface area contributed by atoms with Crippen LogP contribution in [0.5, 0.6) is 0 Å². The van der Waals surface area contributed by atoms with Crippen LogP contribution in [-0.4, -0.2) is 23.0 Å². The van der Waals surface area contributed by atoms with Crippen LogP contribution in [0.2, 0.25) is 0 Å². The van der Waals surface area contributed by atoms with Gasteiger partial charge >= 0.3 is 6.09 Å². The highest BCUT2D eigenvalue weighted by atomic mass is 16.6. The first-order chi connectivity index (χ1) is 8.26. The van der Waals surface area contributed by atoms with Gasteiger partial charge in [-0.15, -0.1) is 0 Å². The number of alkyl carbamates (subject to hydrolysis) is 1. The van der Waals surface area contributed by atoms with Crippen LogP contribution in [0.4, 0.5) is 4.79 Å². The molecule has 0 aromatic rings. The van der Waals surface area contributed by atoms with Gasteiger partial charge in [0, 0.05) is 6.42 Å². The molecule has 1 amide bonds. The maximum Gasteiger partial charge on any atom is 0.408 e. The van der Waals surface area contributed by atoms with Gasteiger partial charge in [0.05, 0.1) is 5.54 Å². The van der Waals surface area contributed by atoms with E-state index in [1.54, 1.807) is 12.2 Å².